The van der Waals surface area contributed by atoms with E-state index in [1.54, 1.807) is 6.20 Å². The lowest BCUT2D eigenvalue weighted by atomic mass is 10.1. The Bertz CT molecular complexity index is 955. The van der Waals surface area contributed by atoms with Gasteiger partial charge in [0.2, 0.25) is 5.91 Å². The van der Waals surface area contributed by atoms with Crippen LogP contribution in [0.1, 0.15) is 17.5 Å². The average molecular weight is 484 g/mol. The number of nitrogens with one attached hydrogen (secondary N) is 2. The number of halogens is 3. The van der Waals surface area contributed by atoms with Gasteiger partial charge in [-0.15, -0.1) is 11.3 Å². The van der Waals surface area contributed by atoms with Gasteiger partial charge in [-0.05, 0) is 40.5 Å². The van der Waals surface area contributed by atoms with Crippen LogP contribution in [0.15, 0.2) is 28.2 Å². The van der Waals surface area contributed by atoms with E-state index >= 15 is 0 Å². The molecule has 0 bridgehead atoms. The van der Waals surface area contributed by atoms with Crippen molar-refractivity contribution in [2.45, 2.75) is 18.5 Å². The smallest absolute Gasteiger partial charge is 0.280 e. The first-order chi connectivity index (χ1) is 12.2. The predicted octanol–water partition coefficient (Wildman–Crippen LogP) is 2.92. The van der Waals surface area contributed by atoms with Crippen molar-refractivity contribution in [2.75, 3.05) is 12.4 Å². The highest BCUT2D eigenvalue weighted by atomic mass is 79.9. The molecule has 2 aromatic rings. The van der Waals surface area contributed by atoms with Gasteiger partial charge in [0.1, 0.15) is 16.9 Å². The monoisotopic (exact) mass is 482 g/mol. The summed E-state index contributed by atoms with van der Waals surface area (Å²) in [6, 6.07) is 2.15. The van der Waals surface area contributed by atoms with Crippen LogP contribution in [0.2, 0.25) is 5.02 Å². The molecule has 1 amide bonds. The number of amides is 1. The molecule has 7 nitrogen and oxygen atoms in total. The summed E-state index contributed by atoms with van der Waals surface area (Å²) in [7, 11) is -2.55. The van der Waals surface area contributed by atoms with Gasteiger partial charge in [0, 0.05) is 12.7 Å². The molecule has 0 unspecified atom stereocenters. The third kappa shape index (κ3) is 4.07. The maximum Gasteiger partial charge on any atom is 0.280 e. The summed E-state index contributed by atoms with van der Waals surface area (Å²) < 4.78 is 42.2. The van der Waals surface area contributed by atoms with Crippen molar-refractivity contribution in [2.24, 2.45) is 0 Å². The SMILES string of the molecule is CN1[C@H](C(=O)Nc2ccc(F)c(Cl)c2)C[C@H](c2ncc(Br)s2)NS1(=O)=O. The van der Waals surface area contributed by atoms with Crippen LogP contribution in [0.3, 0.4) is 0 Å². The summed E-state index contributed by atoms with van der Waals surface area (Å²) in [4.78, 5) is 16.8. The third-order valence-electron chi connectivity index (χ3n) is 3.85. The lowest BCUT2D eigenvalue weighted by Gasteiger charge is -2.35. The summed E-state index contributed by atoms with van der Waals surface area (Å²) in [6.07, 6.45) is 1.76. The van der Waals surface area contributed by atoms with Crippen LogP contribution in [-0.4, -0.2) is 36.7 Å². The largest absolute Gasteiger partial charge is 0.325 e. The molecule has 0 spiro atoms. The van der Waals surface area contributed by atoms with Gasteiger partial charge in [-0.3, -0.25) is 4.79 Å². The molecule has 140 valence electrons. The number of aromatic nitrogens is 1. The first kappa shape index (κ1) is 19.6. The van der Waals surface area contributed by atoms with Gasteiger partial charge in [0.05, 0.1) is 21.0 Å². The Morgan fingerprint density at radius 2 is 2.27 bits per heavy atom. The molecule has 0 saturated carbocycles. The highest BCUT2D eigenvalue weighted by molar-refractivity contribution is 9.11. The van der Waals surface area contributed by atoms with Crippen molar-refractivity contribution in [3.8, 4) is 0 Å². The lowest BCUT2D eigenvalue weighted by Crippen LogP contribution is -2.55. The number of likely N-dealkylation sites (N-methyl/N-ethyl adjacent to an activating group) is 1. The number of nitrogens with zero attached hydrogens (tertiary/aromatic N) is 2. The Balaban J connectivity index is 1.83. The van der Waals surface area contributed by atoms with E-state index in [2.05, 4.69) is 31.0 Å². The van der Waals surface area contributed by atoms with Gasteiger partial charge in [-0.1, -0.05) is 11.6 Å². The second-order valence-electron chi connectivity index (χ2n) is 5.56. The van der Waals surface area contributed by atoms with Gasteiger partial charge in [0.25, 0.3) is 10.2 Å². The topological polar surface area (TPSA) is 91.4 Å². The second kappa shape index (κ2) is 7.49. The molecule has 1 fully saturated rings. The molecular weight excluding hydrogens is 471 g/mol. The number of benzene rings is 1. The van der Waals surface area contributed by atoms with Crippen molar-refractivity contribution in [1.82, 2.24) is 14.0 Å². The maximum absolute atomic E-state index is 13.2. The van der Waals surface area contributed by atoms with E-state index in [1.165, 1.54) is 30.5 Å². The summed E-state index contributed by atoms with van der Waals surface area (Å²) in [5.74, 6) is -1.15. The van der Waals surface area contributed by atoms with Crippen molar-refractivity contribution in [3.63, 3.8) is 0 Å². The average Bonchev–Trinajstić information content (AvgIpc) is 2.99. The van der Waals surface area contributed by atoms with Gasteiger partial charge < -0.3 is 5.32 Å². The third-order valence-corrected chi connectivity index (χ3v) is 7.33. The molecule has 0 radical (unpaired) electrons. The molecular formula is C14H13BrClFN4O3S2. The van der Waals surface area contributed by atoms with Crippen LogP contribution in [0.5, 0.6) is 0 Å². The van der Waals surface area contributed by atoms with Crippen molar-refractivity contribution in [3.05, 3.63) is 44.0 Å². The van der Waals surface area contributed by atoms with E-state index in [1.807, 2.05) is 0 Å². The molecule has 1 aromatic heterocycles. The zero-order valence-electron chi connectivity index (χ0n) is 13.2. The minimum absolute atomic E-state index is 0.139. The van der Waals surface area contributed by atoms with Crippen LogP contribution in [0, 0.1) is 5.82 Å². The molecule has 2 N–H and O–H groups in total. The van der Waals surface area contributed by atoms with E-state index in [0.717, 1.165) is 14.2 Å². The van der Waals surface area contributed by atoms with Gasteiger partial charge in [-0.25, -0.2) is 9.37 Å². The van der Waals surface area contributed by atoms with Crippen molar-refractivity contribution >= 4 is 60.7 Å². The van der Waals surface area contributed by atoms with E-state index in [4.69, 9.17) is 11.6 Å². The number of carbonyl (C=O) groups excluding carboxylic acids is 1. The molecule has 1 saturated heterocycles. The fourth-order valence-electron chi connectivity index (χ4n) is 2.50. The van der Waals surface area contributed by atoms with E-state index < -0.39 is 34.0 Å². The number of hydrogen-bond donors (Lipinski definition) is 2. The molecule has 2 heterocycles. The zero-order chi connectivity index (χ0) is 19.1. The number of hydrogen-bond acceptors (Lipinski definition) is 5. The Kier molecular flexibility index (Phi) is 5.66. The molecule has 12 heteroatoms. The maximum atomic E-state index is 13.2. The normalized spacial score (nSPS) is 22.9. The predicted molar refractivity (Wildman–Crippen MR) is 101 cm³/mol. The fraction of sp³-hybridized carbons (Fsp3) is 0.286. The standard InChI is InChI=1S/C14H13BrClFN4O3S2/c1-21-11(13(22)19-7-2-3-9(17)8(16)4-7)5-10(20-26(21,23)24)14-18-6-12(15)25-14/h2-4,6,10-11,20H,5H2,1H3,(H,19,22)/t10-,11+/m1/s1. The zero-order valence-corrected chi connectivity index (χ0v) is 17.2. The number of rotatable bonds is 3. The van der Waals surface area contributed by atoms with Gasteiger partial charge in [-0.2, -0.15) is 17.4 Å². The van der Waals surface area contributed by atoms with E-state index in [9.17, 15) is 17.6 Å². The van der Waals surface area contributed by atoms with Crippen LogP contribution in [0.4, 0.5) is 10.1 Å². The first-order valence-corrected chi connectivity index (χ1v) is 10.7. The van der Waals surface area contributed by atoms with E-state index in [-0.39, 0.29) is 17.1 Å². The molecule has 26 heavy (non-hydrogen) atoms. The molecule has 2 atom stereocenters. The Hall–Kier alpha value is -1.11. The highest BCUT2D eigenvalue weighted by Gasteiger charge is 2.41. The quantitative estimate of drug-likeness (QED) is 0.702. The Morgan fingerprint density at radius 3 is 2.88 bits per heavy atom. The Labute approximate surface area is 166 Å². The van der Waals surface area contributed by atoms with Crippen LogP contribution in [0.25, 0.3) is 0 Å². The van der Waals surface area contributed by atoms with Crippen LogP contribution in [-0.2, 0) is 15.0 Å². The molecule has 0 aliphatic carbocycles. The molecule has 1 aliphatic heterocycles. The summed E-state index contributed by atoms with van der Waals surface area (Å²) in [5.41, 5.74) is 0.277. The lowest BCUT2D eigenvalue weighted by molar-refractivity contribution is -0.120. The Morgan fingerprint density at radius 1 is 1.54 bits per heavy atom. The van der Waals surface area contributed by atoms with Crippen molar-refractivity contribution < 1.29 is 17.6 Å². The van der Waals surface area contributed by atoms with Crippen LogP contribution < -0.4 is 10.0 Å². The minimum Gasteiger partial charge on any atom is -0.325 e. The fourth-order valence-corrected chi connectivity index (χ4v) is 5.31. The molecule has 3 rings (SSSR count). The summed E-state index contributed by atoms with van der Waals surface area (Å²) >= 11 is 10.3. The van der Waals surface area contributed by atoms with Crippen LogP contribution >= 0.6 is 38.9 Å². The van der Waals surface area contributed by atoms with Gasteiger partial charge >= 0.3 is 0 Å². The van der Waals surface area contributed by atoms with Crippen molar-refractivity contribution in [1.29, 1.82) is 0 Å². The summed E-state index contributed by atoms with van der Waals surface area (Å²) in [5, 5.41) is 2.99. The molecule has 1 aromatic carbocycles. The summed E-state index contributed by atoms with van der Waals surface area (Å²) in [6.45, 7) is 0. The second-order valence-corrected chi connectivity index (χ2v) is 10.2. The van der Waals surface area contributed by atoms with Gasteiger partial charge in [0.15, 0.2) is 0 Å². The number of anilines is 1. The minimum atomic E-state index is -3.86. The highest BCUT2D eigenvalue weighted by Crippen LogP contribution is 2.32. The van der Waals surface area contributed by atoms with E-state index in [0.29, 0.717) is 5.01 Å². The number of thiazole rings is 1. The first-order valence-electron chi connectivity index (χ1n) is 7.30. The molecule has 1 aliphatic rings. The number of carbonyl (C=O) groups is 1.